The summed E-state index contributed by atoms with van der Waals surface area (Å²) in [7, 11) is 0. The maximum Gasteiger partial charge on any atom is 0.345 e. The second kappa shape index (κ2) is 5.66. The number of hydrogen-bond donors (Lipinski definition) is 2. The molecule has 2 amide bonds. The fraction of sp³-hybridized carbons (Fsp3) is 0.167. The second-order valence-electron chi connectivity index (χ2n) is 3.64. The van der Waals surface area contributed by atoms with Gasteiger partial charge in [-0.1, -0.05) is 31.2 Å². The number of fused-ring (bicyclic) bond motifs is 1. The molecule has 2 aromatic carbocycles. The van der Waals surface area contributed by atoms with Crippen LogP contribution in [0.4, 0.5) is 4.79 Å². The van der Waals surface area contributed by atoms with Crippen molar-refractivity contribution in [2.45, 2.75) is 6.92 Å². The zero-order valence-corrected chi connectivity index (χ0v) is 10.9. The highest BCUT2D eigenvalue weighted by Gasteiger charge is 2.10. The van der Waals surface area contributed by atoms with Crippen molar-refractivity contribution in [1.82, 2.24) is 10.1 Å². The van der Waals surface area contributed by atoms with E-state index < -0.39 is 16.9 Å². The minimum atomic E-state index is -0.573. The summed E-state index contributed by atoms with van der Waals surface area (Å²) in [6.45, 7) is 1.87. The van der Waals surface area contributed by atoms with Gasteiger partial charge in [0.25, 0.3) is 0 Å². The van der Waals surface area contributed by atoms with Gasteiger partial charge in [0, 0.05) is 16.5 Å². The Morgan fingerprint density at radius 1 is 1.21 bits per heavy atom. The second-order valence-corrected chi connectivity index (χ2v) is 4.71. The molecule has 0 aromatic heterocycles. The van der Waals surface area contributed by atoms with Crippen LogP contribution in [-0.2, 0) is 0 Å². The molecule has 0 radical (unpaired) electrons. The lowest BCUT2D eigenvalue weighted by molar-refractivity contribution is 0.246. The van der Waals surface area contributed by atoms with Crippen molar-refractivity contribution in [3.63, 3.8) is 0 Å². The maximum atomic E-state index is 11.9. The highest BCUT2D eigenvalue weighted by Crippen LogP contribution is 2.01. The van der Waals surface area contributed by atoms with Gasteiger partial charge in [0.2, 0.25) is 10.9 Å². The molecule has 6 nitrogen and oxygen atoms in total. The van der Waals surface area contributed by atoms with E-state index >= 15 is 0 Å². The average Bonchev–Trinajstić information content (AvgIpc) is 2.67. The predicted octanol–water partition coefficient (Wildman–Crippen LogP) is 0.219. The summed E-state index contributed by atoms with van der Waals surface area (Å²) in [6, 6.07) is 5.89. The minimum Gasteiger partial charge on any atom is -0.287 e. The van der Waals surface area contributed by atoms with Crippen LogP contribution in [0.15, 0.2) is 39.0 Å². The van der Waals surface area contributed by atoms with Crippen LogP contribution < -0.4 is 26.4 Å². The Hall–Kier alpha value is -2.15. The Morgan fingerprint density at radius 2 is 1.79 bits per heavy atom. The number of nitrogens with zero attached hydrogens (tertiary/aromatic N) is 1. The number of amides is 2. The lowest BCUT2D eigenvalue weighted by atomic mass is 10.2. The van der Waals surface area contributed by atoms with Crippen LogP contribution >= 0.6 is 11.9 Å². The van der Waals surface area contributed by atoms with Crippen LogP contribution in [0.1, 0.15) is 6.92 Å². The lowest BCUT2D eigenvalue weighted by Gasteiger charge is -1.98. The number of carbonyl (C=O) groups excluding carboxylic acids is 1. The van der Waals surface area contributed by atoms with E-state index in [0.29, 0.717) is 16.5 Å². The van der Waals surface area contributed by atoms with E-state index in [2.05, 4.69) is 15.2 Å². The van der Waals surface area contributed by atoms with E-state index in [9.17, 15) is 14.4 Å². The quantitative estimate of drug-likeness (QED) is 0.620. The zero-order valence-electron chi connectivity index (χ0n) is 10.1. The molecule has 98 valence electrons. The van der Waals surface area contributed by atoms with Crippen LogP contribution in [0.25, 0.3) is 10.8 Å². The molecular formula is C12H11N3O3S. The maximum absolute atomic E-state index is 11.9. The Bertz CT molecular complexity index is 713. The standard InChI is InChI=1S/C12H11N3O3S/c1-2-19-15-12(18)14-13-9-10(16)7-5-3-4-6-8(7)11(9)17/h3-6H,2H2,1H3,(H2,14,15,18). The van der Waals surface area contributed by atoms with E-state index in [0.717, 1.165) is 0 Å². The summed E-state index contributed by atoms with van der Waals surface area (Å²) in [5.41, 5.74) is 1.19. The van der Waals surface area contributed by atoms with E-state index in [-0.39, 0.29) is 5.36 Å². The first-order chi connectivity index (χ1) is 9.15. The van der Waals surface area contributed by atoms with Gasteiger partial charge in [-0.15, -0.1) is 0 Å². The fourth-order valence-corrected chi connectivity index (χ4v) is 1.93. The third-order valence-corrected chi connectivity index (χ3v) is 3.04. The smallest absolute Gasteiger partial charge is 0.287 e. The molecule has 19 heavy (non-hydrogen) atoms. The topological polar surface area (TPSA) is 87.6 Å². The van der Waals surface area contributed by atoms with Gasteiger partial charge >= 0.3 is 6.03 Å². The zero-order chi connectivity index (χ0) is 13.8. The summed E-state index contributed by atoms with van der Waals surface area (Å²) in [6.07, 6.45) is 0. The molecule has 0 unspecified atom stereocenters. The van der Waals surface area contributed by atoms with E-state index in [4.69, 9.17) is 0 Å². The molecule has 0 heterocycles. The van der Waals surface area contributed by atoms with Crippen LogP contribution in [0.3, 0.4) is 0 Å². The van der Waals surface area contributed by atoms with Gasteiger partial charge in [-0.2, -0.15) is 5.10 Å². The molecule has 7 heteroatoms. The Morgan fingerprint density at radius 3 is 2.32 bits per heavy atom. The third-order valence-electron chi connectivity index (χ3n) is 2.42. The van der Waals surface area contributed by atoms with Crippen molar-refractivity contribution in [3.8, 4) is 0 Å². The lowest BCUT2D eigenvalue weighted by Crippen LogP contribution is -2.37. The van der Waals surface area contributed by atoms with Crippen LogP contribution in [-0.4, -0.2) is 11.8 Å². The monoisotopic (exact) mass is 277 g/mol. The van der Waals surface area contributed by atoms with Crippen LogP contribution in [0, 0.1) is 0 Å². The summed E-state index contributed by atoms with van der Waals surface area (Å²) in [5.74, 6) is 0.702. The van der Waals surface area contributed by atoms with Gasteiger partial charge in [-0.05, 0) is 11.9 Å². The predicted molar refractivity (Wildman–Crippen MR) is 74.2 cm³/mol. The van der Waals surface area contributed by atoms with Crippen molar-refractivity contribution in [2.75, 3.05) is 5.75 Å². The number of urea groups is 1. The first-order valence-corrected chi connectivity index (χ1v) is 6.57. The SMILES string of the molecule is CCSNC(=O)NN=c1c(=O)c2ccccc2c1=O. The van der Waals surface area contributed by atoms with Crippen molar-refractivity contribution >= 4 is 28.8 Å². The van der Waals surface area contributed by atoms with Gasteiger partial charge in [0.05, 0.1) is 0 Å². The molecule has 0 saturated carbocycles. The van der Waals surface area contributed by atoms with Gasteiger partial charge in [0.15, 0.2) is 5.36 Å². The molecular weight excluding hydrogens is 266 g/mol. The highest BCUT2D eigenvalue weighted by atomic mass is 32.2. The molecule has 0 spiro atoms. The van der Waals surface area contributed by atoms with Crippen molar-refractivity contribution < 1.29 is 4.79 Å². The fourth-order valence-electron chi connectivity index (χ4n) is 1.61. The van der Waals surface area contributed by atoms with Crippen molar-refractivity contribution in [2.24, 2.45) is 5.10 Å². The largest absolute Gasteiger partial charge is 0.345 e. The van der Waals surface area contributed by atoms with Crippen LogP contribution in [0.5, 0.6) is 0 Å². The Balaban J connectivity index is 2.38. The number of benzene rings is 1. The third kappa shape index (κ3) is 2.65. The minimum absolute atomic E-state index is 0.266. The summed E-state index contributed by atoms with van der Waals surface area (Å²) >= 11 is 1.19. The molecule has 0 aliphatic heterocycles. The molecule has 2 rings (SSSR count). The summed E-state index contributed by atoms with van der Waals surface area (Å²) in [4.78, 5) is 35.1. The Kier molecular flexibility index (Phi) is 3.96. The molecule has 0 atom stereocenters. The normalized spacial score (nSPS) is 10.4. The molecule has 0 saturated heterocycles. The van der Waals surface area contributed by atoms with E-state index in [1.165, 1.54) is 11.9 Å². The van der Waals surface area contributed by atoms with Gasteiger partial charge in [0.1, 0.15) is 0 Å². The van der Waals surface area contributed by atoms with Crippen LogP contribution in [0.2, 0.25) is 0 Å². The number of nitrogens with one attached hydrogen (secondary N) is 2. The van der Waals surface area contributed by atoms with E-state index in [1.807, 2.05) is 6.92 Å². The van der Waals surface area contributed by atoms with Crippen molar-refractivity contribution in [1.29, 1.82) is 0 Å². The number of carbonyl (C=O) groups is 1. The van der Waals surface area contributed by atoms with E-state index in [1.54, 1.807) is 24.3 Å². The highest BCUT2D eigenvalue weighted by molar-refractivity contribution is 7.97. The molecule has 2 N–H and O–H groups in total. The average molecular weight is 277 g/mol. The summed E-state index contributed by atoms with van der Waals surface area (Å²) in [5, 5.41) is 3.96. The molecule has 0 aliphatic rings. The molecule has 0 aliphatic carbocycles. The number of hydrogen-bond acceptors (Lipinski definition) is 5. The summed E-state index contributed by atoms with van der Waals surface area (Å²) < 4.78 is 2.44. The number of rotatable bonds is 3. The van der Waals surface area contributed by atoms with Gasteiger partial charge in [-0.3, -0.25) is 14.3 Å². The molecule has 0 bridgehead atoms. The van der Waals surface area contributed by atoms with Gasteiger partial charge in [-0.25, -0.2) is 10.2 Å². The first kappa shape index (κ1) is 13.3. The molecule has 2 aromatic rings. The van der Waals surface area contributed by atoms with Crippen molar-refractivity contribution in [3.05, 3.63) is 50.1 Å². The molecule has 0 fully saturated rings. The van der Waals surface area contributed by atoms with Gasteiger partial charge < -0.3 is 0 Å². The first-order valence-electron chi connectivity index (χ1n) is 5.59. The Labute approximate surface area is 112 Å².